The minimum absolute atomic E-state index is 0.187. The average molecular weight is 430 g/mol. The number of benzene rings is 1. The molecule has 3 rings (SSSR count). The van der Waals surface area contributed by atoms with Crippen molar-refractivity contribution in [1.29, 1.82) is 0 Å². The lowest BCUT2D eigenvalue weighted by atomic mass is 10.1. The topological polar surface area (TPSA) is 87.5 Å². The van der Waals surface area contributed by atoms with E-state index in [1.54, 1.807) is 32.2 Å². The van der Waals surface area contributed by atoms with Gasteiger partial charge in [-0.1, -0.05) is 29.3 Å². The van der Waals surface area contributed by atoms with E-state index in [1.807, 2.05) is 19.1 Å². The third-order valence-electron chi connectivity index (χ3n) is 4.88. The summed E-state index contributed by atoms with van der Waals surface area (Å²) in [6, 6.07) is 7.08. The van der Waals surface area contributed by atoms with Crippen LogP contribution in [-0.4, -0.2) is 57.2 Å². The number of carbonyl (C=O) groups is 3. The van der Waals surface area contributed by atoms with Crippen LogP contribution in [0.15, 0.2) is 30.3 Å². The van der Waals surface area contributed by atoms with Gasteiger partial charge < -0.3 is 5.32 Å². The molecule has 1 saturated heterocycles. The molecule has 3 amide bonds. The highest BCUT2D eigenvalue weighted by Crippen LogP contribution is 2.20. The molecule has 0 aliphatic carbocycles. The fourth-order valence-electron chi connectivity index (χ4n) is 3.23. The molecule has 1 aliphatic heterocycles. The largest absolute Gasteiger partial charge is 0.343 e. The molecule has 0 spiro atoms. The lowest BCUT2D eigenvalue weighted by Crippen LogP contribution is -2.48. The van der Waals surface area contributed by atoms with Crippen molar-refractivity contribution in [3.8, 4) is 0 Å². The third kappa shape index (κ3) is 4.71. The van der Waals surface area contributed by atoms with Gasteiger partial charge in [0.1, 0.15) is 5.15 Å². The van der Waals surface area contributed by atoms with Gasteiger partial charge in [-0.15, -0.1) is 0 Å². The van der Waals surface area contributed by atoms with Crippen molar-refractivity contribution in [3.05, 3.63) is 57.9 Å². The fraction of sp³-hybridized carbons (Fsp3) is 0.333. The molecule has 2 aromatic rings. The predicted molar refractivity (Wildman–Crippen MR) is 114 cm³/mol. The SMILES string of the molecule is Cc1ccc(C(=O)NCC(=O)N2CCCN2C(=O)C=Cc2c(C)nn(C)c2Cl)cc1. The second kappa shape index (κ2) is 9.13. The lowest BCUT2D eigenvalue weighted by Gasteiger charge is -2.27. The zero-order chi connectivity index (χ0) is 21.8. The summed E-state index contributed by atoms with van der Waals surface area (Å²) < 4.78 is 1.53. The Morgan fingerprint density at radius 1 is 1.13 bits per heavy atom. The first-order valence-corrected chi connectivity index (χ1v) is 9.99. The summed E-state index contributed by atoms with van der Waals surface area (Å²) >= 11 is 6.19. The van der Waals surface area contributed by atoms with Crippen molar-refractivity contribution < 1.29 is 14.4 Å². The number of carbonyl (C=O) groups excluding carboxylic acids is 3. The summed E-state index contributed by atoms with van der Waals surface area (Å²) in [4.78, 5) is 37.5. The zero-order valence-corrected chi connectivity index (χ0v) is 17.9. The van der Waals surface area contributed by atoms with Gasteiger partial charge >= 0.3 is 0 Å². The summed E-state index contributed by atoms with van der Waals surface area (Å²) in [5.41, 5.74) is 2.90. The molecule has 0 unspecified atom stereocenters. The molecule has 0 atom stereocenters. The van der Waals surface area contributed by atoms with Gasteiger partial charge in [-0.2, -0.15) is 5.10 Å². The number of hydrogen-bond acceptors (Lipinski definition) is 4. The highest BCUT2D eigenvalue weighted by Gasteiger charge is 2.29. The van der Waals surface area contributed by atoms with E-state index < -0.39 is 0 Å². The molecule has 158 valence electrons. The molecule has 0 saturated carbocycles. The van der Waals surface area contributed by atoms with E-state index in [-0.39, 0.29) is 24.3 Å². The Hall–Kier alpha value is -3.13. The van der Waals surface area contributed by atoms with Crippen molar-refractivity contribution in [2.24, 2.45) is 7.05 Å². The molecule has 9 heteroatoms. The van der Waals surface area contributed by atoms with Crippen LogP contribution in [0.5, 0.6) is 0 Å². The number of amides is 3. The van der Waals surface area contributed by atoms with Crippen LogP contribution < -0.4 is 5.32 Å². The predicted octanol–water partition coefficient (Wildman–Crippen LogP) is 2.11. The standard InChI is InChI=1S/C21H24ClN5O3/c1-14-5-7-16(8-6-14)21(30)23-13-19(29)27-12-4-11-26(27)18(28)10-9-17-15(2)24-25(3)20(17)22/h5-10H,4,11-13H2,1-3H3,(H,23,30). The second-order valence-electron chi connectivity index (χ2n) is 7.13. The number of rotatable bonds is 5. The van der Waals surface area contributed by atoms with Crippen LogP contribution in [0.1, 0.15) is 33.6 Å². The maximum absolute atomic E-state index is 12.6. The smallest absolute Gasteiger partial charge is 0.265 e. The molecular weight excluding hydrogens is 406 g/mol. The molecule has 0 radical (unpaired) electrons. The van der Waals surface area contributed by atoms with Gasteiger partial charge in [-0.05, 0) is 38.5 Å². The molecular formula is C21H24ClN5O3. The van der Waals surface area contributed by atoms with E-state index in [4.69, 9.17) is 11.6 Å². The van der Waals surface area contributed by atoms with Gasteiger partial charge in [0.05, 0.1) is 12.2 Å². The zero-order valence-electron chi connectivity index (χ0n) is 17.2. The number of hydrazine groups is 1. The van der Waals surface area contributed by atoms with Crippen LogP contribution in [0.3, 0.4) is 0 Å². The van der Waals surface area contributed by atoms with Crippen LogP contribution in [0.4, 0.5) is 0 Å². The maximum Gasteiger partial charge on any atom is 0.265 e. The number of halogens is 1. The summed E-state index contributed by atoms with van der Waals surface area (Å²) in [7, 11) is 1.72. The van der Waals surface area contributed by atoms with Gasteiger partial charge in [0, 0.05) is 37.3 Å². The monoisotopic (exact) mass is 429 g/mol. The van der Waals surface area contributed by atoms with Crippen molar-refractivity contribution >= 4 is 35.4 Å². The molecule has 1 aromatic heterocycles. The first-order valence-electron chi connectivity index (χ1n) is 9.61. The highest BCUT2D eigenvalue weighted by molar-refractivity contribution is 6.31. The fourth-order valence-corrected chi connectivity index (χ4v) is 3.47. The summed E-state index contributed by atoms with van der Waals surface area (Å²) in [6.45, 7) is 4.40. The normalized spacial score (nSPS) is 13.9. The summed E-state index contributed by atoms with van der Waals surface area (Å²) in [5.74, 6) is -1.00. The molecule has 0 bridgehead atoms. The van der Waals surface area contributed by atoms with Crippen molar-refractivity contribution in [2.75, 3.05) is 19.6 Å². The van der Waals surface area contributed by atoms with Crippen LogP contribution in [0.2, 0.25) is 5.15 Å². The van der Waals surface area contributed by atoms with Gasteiger partial charge in [0.15, 0.2) is 0 Å². The van der Waals surface area contributed by atoms with Gasteiger partial charge in [0.2, 0.25) is 0 Å². The van der Waals surface area contributed by atoms with E-state index in [9.17, 15) is 14.4 Å². The van der Waals surface area contributed by atoms with E-state index in [2.05, 4.69) is 10.4 Å². The average Bonchev–Trinajstić information content (AvgIpc) is 3.30. The van der Waals surface area contributed by atoms with Crippen molar-refractivity contribution in [1.82, 2.24) is 25.1 Å². The van der Waals surface area contributed by atoms with E-state index >= 15 is 0 Å². The quantitative estimate of drug-likeness (QED) is 0.737. The number of aryl methyl sites for hydroxylation is 3. The molecule has 1 aromatic carbocycles. The Morgan fingerprint density at radius 3 is 2.43 bits per heavy atom. The Kier molecular flexibility index (Phi) is 6.56. The third-order valence-corrected chi connectivity index (χ3v) is 5.32. The number of hydrogen-bond donors (Lipinski definition) is 1. The highest BCUT2D eigenvalue weighted by atomic mass is 35.5. The van der Waals surface area contributed by atoms with Gasteiger partial charge in [-0.3, -0.25) is 19.1 Å². The Morgan fingerprint density at radius 2 is 1.80 bits per heavy atom. The molecule has 2 heterocycles. The van der Waals surface area contributed by atoms with Crippen molar-refractivity contribution in [2.45, 2.75) is 20.3 Å². The Bertz CT molecular complexity index is 997. The molecule has 30 heavy (non-hydrogen) atoms. The second-order valence-corrected chi connectivity index (χ2v) is 7.49. The summed E-state index contributed by atoms with van der Waals surface area (Å²) in [6.07, 6.45) is 3.66. The first kappa shape index (κ1) is 21.6. The van der Waals surface area contributed by atoms with Crippen LogP contribution in [-0.2, 0) is 16.6 Å². The van der Waals surface area contributed by atoms with Gasteiger partial charge in [-0.25, -0.2) is 10.0 Å². The Labute approximate surface area is 180 Å². The van der Waals surface area contributed by atoms with E-state index in [1.165, 1.54) is 20.8 Å². The van der Waals surface area contributed by atoms with Gasteiger partial charge in [0.25, 0.3) is 17.7 Å². The van der Waals surface area contributed by atoms with E-state index in [0.717, 1.165) is 5.56 Å². The first-order chi connectivity index (χ1) is 14.3. The minimum Gasteiger partial charge on any atom is -0.343 e. The van der Waals surface area contributed by atoms with Crippen molar-refractivity contribution in [3.63, 3.8) is 0 Å². The maximum atomic E-state index is 12.6. The number of nitrogens with zero attached hydrogens (tertiary/aromatic N) is 4. The van der Waals surface area contributed by atoms with Crippen LogP contribution >= 0.6 is 11.6 Å². The van der Waals surface area contributed by atoms with Crippen LogP contribution in [0.25, 0.3) is 6.08 Å². The molecule has 1 fully saturated rings. The van der Waals surface area contributed by atoms with Crippen LogP contribution in [0, 0.1) is 13.8 Å². The number of nitrogens with one attached hydrogen (secondary N) is 1. The number of aromatic nitrogens is 2. The summed E-state index contributed by atoms with van der Waals surface area (Å²) in [5, 5.41) is 10.0. The minimum atomic E-state index is -0.342. The van der Waals surface area contributed by atoms with E-state index in [0.29, 0.717) is 41.5 Å². The molecule has 8 nitrogen and oxygen atoms in total. The molecule has 1 N–H and O–H groups in total. The molecule has 1 aliphatic rings. The lowest BCUT2D eigenvalue weighted by molar-refractivity contribution is -0.153. The Balaban J connectivity index is 1.60.